The lowest BCUT2D eigenvalue weighted by Crippen LogP contribution is -2.41. The molecule has 0 aromatic rings. The van der Waals surface area contributed by atoms with Crippen LogP contribution in [0.4, 0.5) is 0 Å². The van der Waals surface area contributed by atoms with Gasteiger partial charge in [0.2, 0.25) is 0 Å². The number of hydrogen-bond donors (Lipinski definition) is 3. The summed E-state index contributed by atoms with van der Waals surface area (Å²) in [5.74, 6) is 3.60. The Kier molecular flexibility index (Phi) is 6.03. The van der Waals surface area contributed by atoms with Gasteiger partial charge in [-0.15, -0.1) is 0 Å². The van der Waals surface area contributed by atoms with Gasteiger partial charge in [0.05, 0.1) is 18.3 Å². The van der Waals surface area contributed by atoms with Crippen LogP contribution in [0.2, 0.25) is 0 Å². The van der Waals surface area contributed by atoms with Crippen LogP contribution in [0.1, 0.15) is 77.6 Å². The lowest BCUT2D eigenvalue weighted by molar-refractivity contribution is -0.0212. The largest absolute Gasteiger partial charge is 0.393 e. The molecule has 3 aliphatic carbocycles. The van der Waals surface area contributed by atoms with E-state index >= 15 is 0 Å². The maximum Gasteiger partial charge on any atom is 0.0543 e. The fourth-order valence-electron chi connectivity index (χ4n) is 6.02. The Balaban J connectivity index is 1.72. The average Bonchev–Trinajstić information content (AvgIpc) is 2.53. The van der Waals surface area contributed by atoms with E-state index in [1.165, 1.54) is 32.1 Å². The molecule has 3 aliphatic rings. The van der Waals surface area contributed by atoms with Crippen molar-refractivity contribution in [2.24, 2.45) is 29.6 Å². The van der Waals surface area contributed by atoms with Crippen LogP contribution in [-0.2, 0) is 0 Å². The summed E-state index contributed by atoms with van der Waals surface area (Å²) < 4.78 is 0. The molecule has 23 heavy (non-hydrogen) atoms. The van der Waals surface area contributed by atoms with E-state index in [0.29, 0.717) is 5.92 Å². The molecule has 0 saturated heterocycles. The molecule has 3 unspecified atom stereocenters. The van der Waals surface area contributed by atoms with Gasteiger partial charge in [0.25, 0.3) is 0 Å². The van der Waals surface area contributed by atoms with Crippen LogP contribution in [0.15, 0.2) is 0 Å². The first-order chi connectivity index (χ1) is 11.0. The Labute approximate surface area is 141 Å². The number of hydrogen-bond acceptors (Lipinski definition) is 3. The van der Waals surface area contributed by atoms with Crippen LogP contribution in [0.5, 0.6) is 0 Å². The molecular weight excluding hydrogens is 288 g/mol. The predicted molar refractivity (Wildman–Crippen MR) is 91.9 cm³/mol. The van der Waals surface area contributed by atoms with E-state index in [1.54, 1.807) is 0 Å². The number of aliphatic hydroxyl groups excluding tert-OH is 3. The summed E-state index contributed by atoms with van der Waals surface area (Å²) in [6.45, 7) is 2.34. The van der Waals surface area contributed by atoms with Gasteiger partial charge in [0.15, 0.2) is 0 Å². The van der Waals surface area contributed by atoms with Gasteiger partial charge in [-0.3, -0.25) is 0 Å². The Hall–Kier alpha value is -0.120. The quantitative estimate of drug-likeness (QED) is 0.744. The van der Waals surface area contributed by atoms with Crippen molar-refractivity contribution < 1.29 is 15.3 Å². The van der Waals surface area contributed by atoms with Crippen molar-refractivity contribution in [3.63, 3.8) is 0 Å². The molecule has 3 rings (SSSR count). The third kappa shape index (κ3) is 4.29. The average molecular weight is 325 g/mol. The van der Waals surface area contributed by atoms with Crippen LogP contribution >= 0.6 is 0 Å². The Bertz CT molecular complexity index is 334. The topological polar surface area (TPSA) is 60.7 Å². The van der Waals surface area contributed by atoms with E-state index in [-0.39, 0.29) is 18.3 Å². The molecule has 3 fully saturated rings. The molecule has 3 saturated carbocycles. The van der Waals surface area contributed by atoms with Crippen molar-refractivity contribution in [1.29, 1.82) is 0 Å². The van der Waals surface area contributed by atoms with Crippen LogP contribution in [-0.4, -0.2) is 33.6 Å². The highest BCUT2D eigenvalue weighted by atomic mass is 16.3. The Morgan fingerprint density at radius 2 is 1.04 bits per heavy atom. The van der Waals surface area contributed by atoms with Gasteiger partial charge in [0.1, 0.15) is 0 Å². The van der Waals surface area contributed by atoms with Gasteiger partial charge in [0, 0.05) is 0 Å². The smallest absolute Gasteiger partial charge is 0.0543 e. The second kappa shape index (κ2) is 7.84. The molecular formula is C20H36O3. The first-order valence-electron chi connectivity index (χ1n) is 10.1. The van der Waals surface area contributed by atoms with Crippen LogP contribution in [0, 0.1) is 29.6 Å². The monoisotopic (exact) mass is 324 g/mol. The van der Waals surface area contributed by atoms with Gasteiger partial charge in [-0.1, -0.05) is 6.92 Å². The lowest BCUT2D eigenvalue weighted by atomic mass is 9.59. The van der Waals surface area contributed by atoms with E-state index in [9.17, 15) is 15.3 Å². The molecule has 134 valence electrons. The molecule has 0 aromatic carbocycles. The van der Waals surface area contributed by atoms with Gasteiger partial charge in [-0.2, -0.15) is 0 Å². The third-order valence-electron chi connectivity index (χ3n) is 7.27. The predicted octanol–water partition coefficient (Wildman–Crippen LogP) is 3.50. The molecule has 0 radical (unpaired) electrons. The molecule has 3 heteroatoms. The van der Waals surface area contributed by atoms with Gasteiger partial charge in [-0.05, 0) is 100 Å². The number of aliphatic hydroxyl groups is 3. The Morgan fingerprint density at radius 3 is 1.48 bits per heavy atom. The van der Waals surface area contributed by atoms with Gasteiger partial charge < -0.3 is 15.3 Å². The summed E-state index contributed by atoms with van der Waals surface area (Å²) in [4.78, 5) is 0. The molecule has 0 amide bonds. The van der Waals surface area contributed by atoms with Crippen molar-refractivity contribution in [2.45, 2.75) is 95.9 Å². The van der Waals surface area contributed by atoms with Crippen molar-refractivity contribution in [3.8, 4) is 0 Å². The van der Waals surface area contributed by atoms with Crippen LogP contribution in [0.25, 0.3) is 0 Å². The zero-order valence-corrected chi connectivity index (χ0v) is 14.7. The molecule has 3 N–H and O–H groups in total. The highest BCUT2D eigenvalue weighted by molar-refractivity contribution is 4.92. The Morgan fingerprint density at radius 1 is 0.609 bits per heavy atom. The summed E-state index contributed by atoms with van der Waals surface area (Å²) in [6, 6.07) is 0. The van der Waals surface area contributed by atoms with Gasteiger partial charge >= 0.3 is 0 Å². The molecule has 0 heterocycles. The standard InChI is InChI=1S/C20H36O3/c1-13-12-18(23)10-11-19(13)20(14-2-6-16(21)7-3-14)15-4-8-17(22)9-5-15/h13-23H,2-12H2,1H3. The molecule has 0 bridgehead atoms. The second-order valence-corrected chi connectivity index (χ2v) is 8.82. The van der Waals surface area contributed by atoms with E-state index in [2.05, 4.69) is 6.92 Å². The van der Waals surface area contributed by atoms with Crippen molar-refractivity contribution in [1.82, 2.24) is 0 Å². The zero-order chi connectivity index (χ0) is 16.4. The van der Waals surface area contributed by atoms with Crippen molar-refractivity contribution >= 4 is 0 Å². The zero-order valence-electron chi connectivity index (χ0n) is 14.7. The first kappa shape index (κ1) is 17.7. The minimum Gasteiger partial charge on any atom is -0.393 e. The van der Waals surface area contributed by atoms with Gasteiger partial charge in [-0.25, -0.2) is 0 Å². The molecule has 3 nitrogen and oxygen atoms in total. The van der Waals surface area contributed by atoms with Crippen LogP contribution < -0.4 is 0 Å². The molecule has 0 spiro atoms. The van der Waals surface area contributed by atoms with Crippen LogP contribution in [0.3, 0.4) is 0 Å². The summed E-state index contributed by atoms with van der Waals surface area (Å²) in [7, 11) is 0. The highest BCUT2D eigenvalue weighted by Gasteiger charge is 2.42. The molecule has 3 atom stereocenters. The van der Waals surface area contributed by atoms with E-state index in [1.807, 2.05) is 0 Å². The van der Waals surface area contributed by atoms with E-state index in [0.717, 1.165) is 62.2 Å². The van der Waals surface area contributed by atoms with E-state index in [4.69, 9.17) is 0 Å². The summed E-state index contributed by atoms with van der Waals surface area (Å²) in [5, 5.41) is 29.8. The SMILES string of the molecule is CC1CC(O)CCC1C(C1CCC(O)CC1)C1CCC(O)CC1. The van der Waals surface area contributed by atoms with E-state index < -0.39 is 0 Å². The fraction of sp³-hybridized carbons (Fsp3) is 1.00. The number of rotatable bonds is 3. The summed E-state index contributed by atoms with van der Waals surface area (Å²) >= 11 is 0. The lowest BCUT2D eigenvalue weighted by Gasteiger charge is -2.47. The summed E-state index contributed by atoms with van der Waals surface area (Å²) in [6.07, 6.45) is 11.5. The molecule has 0 aliphatic heterocycles. The van der Waals surface area contributed by atoms with Crippen molar-refractivity contribution in [3.05, 3.63) is 0 Å². The fourth-order valence-corrected chi connectivity index (χ4v) is 6.02. The third-order valence-corrected chi connectivity index (χ3v) is 7.27. The first-order valence-corrected chi connectivity index (χ1v) is 10.1. The normalized spacial score (nSPS) is 47.2. The van der Waals surface area contributed by atoms with Crippen molar-refractivity contribution in [2.75, 3.05) is 0 Å². The minimum absolute atomic E-state index is 0.0781. The summed E-state index contributed by atoms with van der Waals surface area (Å²) in [5.41, 5.74) is 0. The second-order valence-electron chi connectivity index (χ2n) is 8.82. The molecule has 0 aromatic heterocycles. The highest BCUT2D eigenvalue weighted by Crippen LogP contribution is 2.49. The maximum absolute atomic E-state index is 10.0. The minimum atomic E-state index is -0.0942. The maximum atomic E-state index is 10.0.